The number of nitrogens with one attached hydrogen (secondary N) is 1. The van der Waals surface area contributed by atoms with E-state index in [2.05, 4.69) is 10.3 Å². The Morgan fingerprint density at radius 3 is 2.53 bits per heavy atom. The van der Waals surface area contributed by atoms with E-state index in [-0.39, 0.29) is 42.7 Å². The Balaban J connectivity index is 0. The molecular formula is C11H19Cl2N3O. The van der Waals surface area contributed by atoms with Crippen LogP contribution in [0, 0.1) is 5.92 Å². The summed E-state index contributed by atoms with van der Waals surface area (Å²) in [6.07, 6.45) is 1.71. The molecule has 2 atom stereocenters. The first-order valence-corrected chi connectivity index (χ1v) is 5.06. The van der Waals surface area contributed by atoms with Crippen molar-refractivity contribution >= 4 is 30.7 Å². The molecule has 1 rings (SSSR count). The van der Waals surface area contributed by atoms with Crippen molar-refractivity contribution in [1.82, 2.24) is 10.3 Å². The number of nitrogens with two attached hydrogens (primary N) is 1. The van der Waals surface area contributed by atoms with Gasteiger partial charge in [-0.1, -0.05) is 13.0 Å². The van der Waals surface area contributed by atoms with Gasteiger partial charge < -0.3 is 11.1 Å². The smallest absolute Gasteiger partial charge is 0.224 e. The van der Waals surface area contributed by atoms with E-state index >= 15 is 0 Å². The van der Waals surface area contributed by atoms with Gasteiger partial charge in [-0.2, -0.15) is 0 Å². The Morgan fingerprint density at radius 1 is 1.41 bits per heavy atom. The van der Waals surface area contributed by atoms with Crippen molar-refractivity contribution < 1.29 is 4.79 Å². The zero-order valence-electron chi connectivity index (χ0n) is 9.92. The zero-order chi connectivity index (χ0) is 11.3. The molecule has 1 heterocycles. The normalized spacial score (nSPS) is 12.6. The molecule has 0 saturated carbocycles. The number of hydrogen-bond acceptors (Lipinski definition) is 3. The van der Waals surface area contributed by atoms with Gasteiger partial charge in [0.15, 0.2) is 0 Å². The van der Waals surface area contributed by atoms with Crippen molar-refractivity contribution in [3.63, 3.8) is 0 Å². The molecule has 0 aliphatic carbocycles. The molecule has 0 spiro atoms. The van der Waals surface area contributed by atoms with E-state index in [1.165, 1.54) is 0 Å². The highest BCUT2D eigenvalue weighted by Crippen LogP contribution is 2.08. The number of amides is 1. The highest BCUT2D eigenvalue weighted by atomic mass is 35.5. The first-order valence-electron chi connectivity index (χ1n) is 5.06. The number of halogens is 2. The Labute approximate surface area is 114 Å². The summed E-state index contributed by atoms with van der Waals surface area (Å²) in [6, 6.07) is 5.56. The van der Waals surface area contributed by atoms with Crippen molar-refractivity contribution in [3.8, 4) is 0 Å². The standard InChI is InChI=1S/C11H17N3O.2ClH/c1-8(7-12)11(15)14-9(2)10-5-3-4-6-13-10;;/h3-6,8-9H,7,12H2,1-2H3,(H,14,15);2*1H. The van der Waals surface area contributed by atoms with Gasteiger partial charge in [0, 0.05) is 18.7 Å². The van der Waals surface area contributed by atoms with Gasteiger partial charge >= 0.3 is 0 Å². The molecule has 0 bridgehead atoms. The highest BCUT2D eigenvalue weighted by molar-refractivity contribution is 5.85. The third kappa shape index (κ3) is 5.86. The Bertz CT molecular complexity index is 322. The molecule has 17 heavy (non-hydrogen) atoms. The van der Waals surface area contributed by atoms with Crippen molar-refractivity contribution in [1.29, 1.82) is 0 Å². The van der Waals surface area contributed by atoms with E-state index in [9.17, 15) is 4.79 Å². The second-order valence-electron chi connectivity index (χ2n) is 3.62. The fraction of sp³-hybridized carbons (Fsp3) is 0.455. The quantitative estimate of drug-likeness (QED) is 0.882. The maximum atomic E-state index is 11.5. The topological polar surface area (TPSA) is 68.0 Å². The lowest BCUT2D eigenvalue weighted by atomic mass is 10.1. The van der Waals surface area contributed by atoms with E-state index in [0.29, 0.717) is 6.54 Å². The summed E-state index contributed by atoms with van der Waals surface area (Å²) in [4.78, 5) is 15.7. The van der Waals surface area contributed by atoms with E-state index in [4.69, 9.17) is 5.73 Å². The lowest BCUT2D eigenvalue weighted by Gasteiger charge is -2.15. The maximum Gasteiger partial charge on any atom is 0.224 e. The number of aromatic nitrogens is 1. The number of carbonyl (C=O) groups excluding carboxylic acids is 1. The van der Waals surface area contributed by atoms with Crippen LogP contribution in [-0.4, -0.2) is 17.4 Å². The van der Waals surface area contributed by atoms with Gasteiger partial charge in [0.2, 0.25) is 5.91 Å². The molecule has 0 fully saturated rings. The second kappa shape index (κ2) is 9.22. The lowest BCUT2D eigenvalue weighted by Crippen LogP contribution is -2.35. The van der Waals surface area contributed by atoms with E-state index in [1.54, 1.807) is 13.1 Å². The van der Waals surface area contributed by atoms with Gasteiger partial charge in [0.1, 0.15) is 0 Å². The molecule has 98 valence electrons. The predicted octanol–water partition coefficient (Wildman–Crippen LogP) is 1.70. The molecule has 2 unspecified atom stereocenters. The monoisotopic (exact) mass is 279 g/mol. The summed E-state index contributed by atoms with van der Waals surface area (Å²) in [6.45, 7) is 4.07. The number of pyridine rings is 1. The molecule has 0 aliphatic rings. The second-order valence-corrected chi connectivity index (χ2v) is 3.62. The third-order valence-electron chi connectivity index (χ3n) is 2.29. The Hall–Kier alpha value is -0.840. The molecule has 1 aromatic rings. The van der Waals surface area contributed by atoms with Crippen LogP contribution in [0.2, 0.25) is 0 Å². The van der Waals surface area contributed by atoms with Gasteiger partial charge in [-0.3, -0.25) is 9.78 Å². The van der Waals surface area contributed by atoms with Gasteiger partial charge in [0.25, 0.3) is 0 Å². The minimum absolute atomic E-state index is 0. The minimum Gasteiger partial charge on any atom is -0.348 e. The average Bonchev–Trinajstić information content (AvgIpc) is 2.29. The molecule has 3 N–H and O–H groups in total. The molecule has 0 aliphatic heterocycles. The molecule has 4 nitrogen and oxygen atoms in total. The zero-order valence-corrected chi connectivity index (χ0v) is 11.6. The lowest BCUT2D eigenvalue weighted by molar-refractivity contribution is -0.124. The molecule has 0 saturated heterocycles. The van der Waals surface area contributed by atoms with Crippen molar-refractivity contribution in [2.24, 2.45) is 11.7 Å². The number of nitrogens with zero attached hydrogens (tertiary/aromatic N) is 1. The number of rotatable bonds is 4. The number of carbonyl (C=O) groups is 1. The van der Waals surface area contributed by atoms with E-state index in [0.717, 1.165) is 5.69 Å². The van der Waals surface area contributed by atoms with Crippen LogP contribution >= 0.6 is 24.8 Å². The molecular weight excluding hydrogens is 261 g/mol. The summed E-state index contributed by atoms with van der Waals surface area (Å²) in [5.74, 6) is -0.188. The van der Waals surface area contributed by atoms with Crippen LogP contribution in [-0.2, 0) is 4.79 Å². The summed E-state index contributed by atoms with van der Waals surface area (Å²) in [7, 11) is 0. The molecule has 0 aromatic carbocycles. The van der Waals surface area contributed by atoms with E-state index < -0.39 is 0 Å². The van der Waals surface area contributed by atoms with Crippen LogP contribution in [0.3, 0.4) is 0 Å². The van der Waals surface area contributed by atoms with Crippen molar-refractivity contribution in [3.05, 3.63) is 30.1 Å². The first kappa shape index (κ1) is 18.5. The van der Waals surface area contributed by atoms with Gasteiger partial charge in [-0.25, -0.2) is 0 Å². The largest absolute Gasteiger partial charge is 0.348 e. The van der Waals surface area contributed by atoms with Crippen LogP contribution in [0.15, 0.2) is 24.4 Å². The van der Waals surface area contributed by atoms with Crippen LogP contribution in [0.5, 0.6) is 0 Å². The first-order chi connectivity index (χ1) is 7.15. The minimum atomic E-state index is -0.156. The summed E-state index contributed by atoms with van der Waals surface area (Å²) < 4.78 is 0. The van der Waals surface area contributed by atoms with Crippen LogP contribution in [0.4, 0.5) is 0 Å². The molecule has 1 aromatic heterocycles. The average molecular weight is 280 g/mol. The Kier molecular flexibility index (Phi) is 10.0. The SMILES string of the molecule is CC(CN)C(=O)NC(C)c1ccccn1.Cl.Cl. The molecule has 1 amide bonds. The molecule has 0 radical (unpaired) electrons. The fourth-order valence-electron chi connectivity index (χ4n) is 1.17. The maximum absolute atomic E-state index is 11.5. The predicted molar refractivity (Wildman–Crippen MR) is 73.5 cm³/mol. The van der Waals surface area contributed by atoms with Crippen molar-refractivity contribution in [2.75, 3.05) is 6.54 Å². The van der Waals surface area contributed by atoms with Crippen LogP contribution < -0.4 is 11.1 Å². The number of hydrogen-bond donors (Lipinski definition) is 2. The van der Waals surface area contributed by atoms with Gasteiger partial charge in [-0.05, 0) is 19.1 Å². The van der Waals surface area contributed by atoms with Gasteiger partial charge in [0.05, 0.1) is 11.7 Å². The Morgan fingerprint density at radius 2 is 2.06 bits per heavy atom. The van der Waals surface area contributed by atoms with Crippen LogP contribution in [0.25, 0.3) is 0 Å². The van der Waals surface area contributed by atoms with E-state index in [1.807, 2.05) is 25.1 Å². The summed E-state index contributed by atoms with van der Waals surface area (Å²) in [5, 5.41) is 2.87. The van der Waals surface area contributed by atoms with Gasteiger partial charge in [-0.15, -0.1) is 24.8 Å². The fourth-order valence-corrected chi connectivity index (χ4v) is 1.17. The molecule has 6 heteroatoms. The summed E-state index contributed by atoms with van der Waals surface area (Å²) in [5.41, 5.74) is 6.27. The summed E-state index contributed by atoms with van der Waals surface area (Å²) >= 11 is 0. The van der Waals surface area contributed by atoms with Crippen molar-refractivity contribution in [2.45, 2.75) is 19.9 Å². The third-order valence-corrected chi connectivity index (χ3v) is 2.29. The van der Waals surface area contributed by atoms with Crippen LogP contribution in [0.1, 0.15) is 25.6 Å². The highest BCUT2D eigenvalue weighted by Gasteiger charge is 2.14.